The van der Waals surface area contributed by atoms with E-state index in [0.29, 0.717) is 11.3 Å². The number of hydrogen-bond acceptors (Lipinski definition) is 7. The van der Waals surface area contributed by atoms with Crippen molar-refractivity contribution in [2.45, 2.75) is 23.8 Å². The molecular formula is C25H21BrN4O7S. The van der Waals surface area contributed by atoms with Crippen molar-refractivity contribution in [2.75, 3.05) is 11.4 Å². The van der Waals surface area contributed by atoms with E-state index >= 15 is 0 Å². The summed E-state index contributed by atoms with van der Waals surface area (Å²) in [6, 6.07) is 16.3. The molecule has 1 saturated heterocycles. The Labute approximate surface area is 226 Å². The number of sulfonamides is 1. The average molecular weight is 601 g/mol. The van der Waals surface area contributed by atoms with Crippen LogP contribution in [0.15, 0.2) is 82.2 Å². The lowest BCUT2D eigenvalue weighted by atomic mass is 10.1. The molecule has 3 aromatic rings. The van der Waals surface area contributed by atoms with Crippen molar-refractivity contribution in [2.24, 2.45) is 5.14 Å². The Hall–Kier alpha value is -3.94. The van der Waals surface area contributed by atoms with E-state index in [4.69, 9.17) is 5.14 Å². The predicted octanol–water partition coefficient (Wildman–Crippen LogP) is 3.02. The maximum Gasteiger partial charge on any atom is 0.270 e. The van der Waals surface area contributed by atoms with Crippen LogP contribution in [0, 0.1) is 10.1 Å². The van der Waals surface area contributed by atoms with Crippen LogP contribution in [0.3, 0.4) is 0 Å². The van der Waals surface area contributed by atoms with Crippen molar-refractivity contribution in [3.8, 4) is 0 Å². The molecule has 11 nitrogen and oxygen atoms in total. The number of nitrogens with zero attached hydrogens (tertiary/aromatic N) is 3. The first-order valence-electron chi connectivity index (χ1n) is 11.3. The lowest BCUT2D eigenvalue weighted by Crippen LogP contribution is -2.46. The van der Waals surface area contributed by atoms with Crippen molar-refractivity contribution in [3.05, 3.63) is 98.5 Å². The van der Waals surface area contributed by atoms with E-state index in [2.05, 4.69) is 15.9 Å². The van der Waals surface area contributed by atoms with Gasteiger partial charge in [-0.1, -0.05) is 34.1 Å². The van der Waals surface area contributed by atoms with Gasteiger partial charge in [0.15, 0.2) is 0 Å². The SMILES string of the molecule is NS(=O)(=O)c1ccc(CCN(C(=O)c2cccc([N+](=O)[O-])c2)C2CC(=O)N(c3ccc(Br)cc3)C2=O)cc1. The fraction of sp³-hybridized carbons (Fsp3) is 0.160. The van der Waals surface area contributed by atoms with Gasteiger partial charge in [-0.25, -0.2) is 18.5 Å². The molecule has 1 heterocycles. The highest BCUT2D eigenvalue weighted by atomic mass is 79.9. The van der Waals surface area contributed by atoms with Crippen LogP contribution in [0.25, 0.3) is 0 Å². The third kappa shape index (κ3) is 5.79. The summed E-state index contributed by atoms with van der Waals surface area (Å²) in [7, 11) is -3.88. The number of benzene rings is 3. The van der Waals surface area contributed by atoms with Gasteiger partial charge in [-0.15, -0.1) is 0 Å². The molecule has 0 spiro atoms. The number of nitrogens with two attached hydrogens (primary N) is 1. The summed E-state index contributed by atoms with van der Waals surface area (Å²) in [5.41, 5.74) is 0.702. The lowest BCUT2D eigenvalue weighted by molar-refractivity contribution is -0.384. The summed E-state index contributed by atoms with van der Waals surface area (Å²) < 4.78 is 23.8. The molecule has 0 aromatic heterocycles. The Balaban J connectivity index is 1.65. The summed E-state index contributed by atoms with van der Waals surface area (Å²) >= 11 is 3.31. The molecule has 3 aromatic carbocycles. The Bertz CT molecular complexity index is 1530. The number of carbonyl (C=O) groups is 3. The van der Waals surface area contributed by atoms with E-state index in [1.54, 1.807) is 24.3 Å². The zero-order valence-corrected chi connectivity index (χ0v) is 22.1. The number of halogens is 1. The van der Waals surface area contributed by atoms with Gasteiger partial charge in [0.25, 0.3) is 17.5 Å². The summed E-state index contributed by atoms with van der Waals surface area (Å²) in [6.07, 6.45) is -0.0538. The number of nitro groups is 1. The second kappa shape index (κ2) is 10.8. The number of amides is 3. The molecular weight excluding hydrogens is 580 g/mol. The normalized spacial score (nSPS) is 15.5. The largest absolute Gasteiger partial charge is 0.326 e. The van der Waals surface area contributed by atoms with Crippen LogP contribution in [-0.2, 0) is 26.0 Å². The number of carbonyl (C=O) groups excluding carboxylic acids is 3. The minimum absolute atomic E-state index is 0.00823. The molecule has 1 unspecified atom stereocenters. The van der Waals surface area contributed by atoms with Crippen molar-refractivity contribution in [3.63, 3.8) is 0 Å². The van der Waals surface area contributed by atoms with Gasteiger partial charge in [0.2, 0.25) is 15.9 Å². The number of hydrogen-bond donors (Lipinski definition) is 1. The summed E-state index contributed by atoms with van der Waals surface area (Å²) in [5, 5.41) is 16.4. The van der Waals surface area contributed by atoms with Crippen LogP contribution in [-0.4, -0.2) is 48.5 Å². The van der Waals surface area contributed by atoms with Crippen LogP contribution in [0.1, 0.15) is 22.3 Å². The van der Waals surface area contributed by atoms with E-state index in [-0.39, 0.29) is 35.5 Å². The first-order valence-corrected chi connectivity index (χ1v) is 13.6. The van der Waals surface area contributed by atoms with E-state index in [0.717, 1.165) is 15.4 Å². The van der Waals surface area contributed by atoms with Gasteiger partial charge >= 0.3 is 0 Å². The Kier molecular flexibility index (Phi) is 7.71. The number of nitro benzene ring substituents is 1. The molecule has 0 saturated carbocycles. The van der Waals surface area contributed by atoms with E-state index in [9.17, 15) is 32.9 Å². The van der Waals surface area contributed by atoms with Crippen molar-refractivity contribution >= 4 is 55.0 Å². The molecule has 0 bridgehead atoms. The van der Waals surface area contributed by atoms with Crippen LogP contribution in [0.4, 0.5) is 11.4 Å². The maximum absolute atomic E-state index is 13.6. The Morgan fingerprint density at radius 1 is 1.08 bits per heavy atom. The van der Waals surface area contributed by atoms with Crippen LogP contribution in [0.5, 0.6) is 0 Å². The minimum atomic E-state index is -3.88. The number of imide groups is 1. The molecule has 196 valence electrons. The molecule has 2 N–H and O–H groups in total. The molecule has 1 atom stereocenters. The van der Waals surface area contributed by atoms with Crippen LogP contribution in [0.2, 0.25) is 0 Å². The maximum atomic E-state index is 13.6. The number of anilines is 1. The second-order valence-corrected chi connectivity index (χ2v) is 11.0. The van der Waals surface area contributed by atoms with Crippen molar-refractivity contribution in [1.29, 1.82) is 0 Å². The minimum Gasteiger partial charge on any atom is -0.326 e. The van der Waals surface area contributed by atoms with Gasteiger partial charge in [0.1, 0.15) is 6.04 Å². The summed E-state index contributed by atoms with van der Waals surface area (Å²) in [6.45, 7) is -0.0197. The van der Waals surface area contributed by atoms with E-state index in [1.165, 1.54) is 47.4 Å². The van der Waals surface area contributed by atoms with Gasteiger partial charge in [-0.05, 0) is 54.4 Å². The number of primary sulfonamides is 1. The first-order chi connectivity index (χ1) is 18.0. The van der Waals surface area contributed by atoms with Gasteiger partial charge in [0.05, 0.1) is 21.9 Å². The smallest absolute Gasteiger partial charge is 0.270 e. The van der Waals surface area contributed by atoms with Crippen LogP contribution >= 0.6 is 15.9 Å². The Morgan fingerprint density at radius 3 is 2.34 bits per heavy atom. The molecule has 38 heavy (non-hydrogen) atoms. The summed E-state index contributed by atoms with van der Waals surface area (Å²) in [5.74, 6) is -1.74. The van der Waals surface area contributed by atoms with Gasteiger partial charge in [-0.3, -0.25) is 24.5 Å². The third-order valence-corrected chi connectivity index (χ3v) is 7.50. The Morgan fingerprint density at radius 2 is 1.74 bits per heavy atom. The zero-order valence-electron chi connectivity index (χ0n) is 19.7. The van der Waals surface area contributed by atoms with Gasteiger partial charge in [-0.2, -0.15) is 0 Å². The lowest BCUT2D eigenvalue weighted by Gasteiger charge is -2.28. The highest BCUT2D eigenvalue weighted by Gasteiger charge is 2.44. The topological polar surface area (TPSA) is 161 Å². The van der Waals surface area contributed by atoms with Crippen molar-refractivity contribution < 1.29 is 27.7 Å². The highest BCUT2D eigenvalue weighted by molar-refractivity contribution is 9.10. The van der Waals surface area contributed by atoms with Crippen LogP contribution < -0.4 is 10.0 Å². The standard InChI is InChI=1S/C25H21BrN4O7S/c26-18-6-8-19(9-7-18)29-23(31)15-22(25(29)33)28(24(32)17-2-1-3-20(14-17)30(34)35)13-12-16-4-10-21(11-5-16)38(27,36)37/h1-11,14,22H,12-13,15H2,(H2,27,36,37). The molecule has 1 fully saturated rings. The second-order valence-electron chi connectivity index (χ2n) is 8.51. The first kappa shape index (κ1) is 27.1. The van der Waals surface area contributed by atoms with Gasteiger partial charge < -0.3 is 4.90 Å². The molecule has 13 heteroatoms. The quantitative estimate of drug-likeness (QED) is 0.236. The summed E-state index contributed by atoms with van der Waals surface area (Å²) in [4.78, 5) is 52.7. The molecule has 1 aliphatic heterocycles. The fourth-order valence-corrected chi connectivity index (χ4v) is 4.91. The average Bonchev–Trinajstić information content (AvgIpc) is 3.17. The van der Waals surface area contributed by atoms with Crippen molar-refractivity contribution in [1.82, 2.24) is 4.90 Å². The molecule has 4 rings (SSSR count). The van der Waals surface area contributed by atoms with Gasteiger partial charge in [0, 0.05) is 28.7 Å². The van der Waals surface area contributed by atoms with E-state index in [1.807, 2.05) is 0 Å². The molecule has 0 radical (unpaired) electrons. The molecule has 3 amide bonds. The monoisotopic (exact) mass is 600 g/mol. The zero-order chi connectivity index (χ0) is 27.6. The molecule has 0 aliphatic carbocycles. The third-order valence-electron chi connectivity index (χ3n) is 6.04. The molecule has 1 aliphatic rings. The number of non-ortho nitro benzene ring substituents is 1. The fourth-order valence-electron chi connectivity index (χ4n) is 4.13. The predicted molar refractivity (Wildman–Crippen MR) is 141 cm³/mol. The van der Waals surface area contributed by atoms with E-state index < -0.39 is 38.7 Å². The number of rotatable bonds is 8. The highest BCUT2D eigenvalue weighted by Crippen LogP contribution is 2.28.